The van der Waals surface area contributed by atoms with E-state index in [1.807, 2.05) is 53.4 Å². The van der Waals surface area contributed by atoms with Crippen molar-refractivity contribution in [3.8, 4) is 5.75 Å². The zero-order chi connectivity index (χ0) is 20.2. The highest BCUT2D eigenvalue weighted by Crippen LogP contribution is 2.28. The Morgan fingerprint density at radius 1 is 1.03 bits per heavy atom. The second-order valence-corrected chi connectivity index (χ2v) is 8.60. The molecule has 0 saturated carbocycles. The predicted molar refractivity (Wildman–Crippen MR) is 117 cm³/mol. The molecule has 0 radical (unpaired) electrons. The van der Waals surface area contributed by atoms with Gasteiger partial charge in [-0.2, -0.15) is 0 Å². The molecular weight excluding hydrogens is 384 g/mol. The fraction of sp³-hybridized carbons (Fsp3) is 0.458. The lowest BCUT2D eigenvalue weighted by Crippen LogP contribution is -2.47. The maximum atomic E-state index is 13.2. The molecule has 2 aliphatic rings. The lowest BCUT2D eigenvalue weighted by molar-refractivity contribution is 0.0607. The summed E-state index contributed by atoms with van der Waals surface area (Å²) in [5, 5.41) is 0.705. The van der Waals surface area contributed by atoms with Gasteiger partial charge in [0, 0.05) is 30.2 Å². The van der Waals surface area contributed by atoms with Gasteiger partial charge in [-0.15, -0.1) is 0 Å². The number of para-hydroxylation sites is 1. The molecule has 0 aromatic heterocycles. The smallest absolute Gasteiger partial charge is 0.257 e. The Kier molecular flexibility index (Phi) is 6.41. The third-order valence-electron chi connectivity index (χ3n) is 6.25. The largest absolute Gasteiger partial charge is 0.488 e. The van der Waals surface area contributed by atoms with Crippen LogP contribution >= 0.6 is 11.6 Å². The Morgan fingerprint density at radius 2 is 1.76 bits per heavy atom. The second kappa shape index (κ2) is 9.19. The monoisotopic (exact) mass is 412 g/mol. The summed E-state index contributed by atoms with van der Waals surface area (Å²) in [5.74, 6) is 0.715. The molecule has 2 fully saturated rings. The van der Waals surface area contributed by atoms with Crippen LogP contribution in [0.5, 0.6) is 5.75 Å². The predicted octanol–water partition coefficient (Wildman–Crippen LogP) is 5.01. The topological polar surface area (TPSA) is 32.8 Å². The first-order valence-electron chi connectivity index (χ1n) is 10.6. The summed E-state index contributed by atoms with van der Waals surface area (Å²) in [7, 11) is 0. The van der Waals surface area contributed by atoms with Crippen molar-refractivity contribution in [2.45, 2.75) is 51.3 Å². The number of hydrogen-bond acceptors (Lipinski definition) is 3. The van der Waals surface area contributed by atoms with Crippen LogP contribution in [-0.4, -0.2) is 47.4 Å². The number of benzene rings is 2. The molecule has 2 aromatic carbocycles. The normalized spacial score (nSPS) is 20.8. The summed E-state index contributed by atoms with van der Waals surface area (Å²) < 4.78 is 5.99. The number of carbonyl (C=O) groups is 1. The van der Waals surface area contributed by atoms with Crippen LogP contribution in [0, 0.1) is 0 Å². The van der Waals surface area contributed by atoms with Gasteiger partial charge < -0.3 is 9.64 Å². The number of likely N-dealkylation sites (tertiary alicyclic amines) is 2. The number of ether oxygens (including phenoxy) is 1. The van der Waals surface area contributed by atoms with Crippen molar-refractivity contribution >= 4 is 17.5 Å². The third kappa shape index (κ3) is 4.76. The number of carbonyl (C=O) groups excluding carboxylic acids is 1. The van der Waals surface area contributed by atoms with Crippen LogP contribution in [0.3, 0.4) is 0 Å². The zero-order valence-corrected chi connectivity index (χ0v) is 17.8. The minimum Gasteiger partial charge on any atom is -0.488 e. The van der Waals surface area contributed by atoms with Crippen LogP contribution in [0.2, 0.25) is 5.02 Å². The van der Waals surface area contributed by atoms with Crippen molar-refractivity contribution in [3.05, 3.63) is 64.7 Å². The van der Waals surface area contributed by atoms with Crippen LogP contribution in [0.1, 0.15) is 48.5 Å². The maximum Gasteiger partial charge on any atom is 0.257 e. The van der Waals surface area contributed by atoms with Crippen molar-refractivity contribution in [3.63, 3.8) is 0 Å². The highest BCUT2D eigenvalue weighted by Gasteiger charge is 2.32. The molecule has 5 heteroatoms. The first-order chi connectivity index (χ1) is 14.1. The van der Waals surface area contributed by atoms with Crippen LogP contribution < -0.4 is 4.74 Å². The molecule has 0 aliphatic carbocycles. The van der Waals surface area contributed by atoms with E-state index < -0.39 is 0 Å². The van der Waals surface area contributed by atoms with Gasteiger partial charge in [-0.1, -0.05) is 35.9 Å². The van der Waals surface area contributed by atoms with Gasteiger partial charge in [-0.3, -0.25) is 9.69 Å². The molecule has 4 nitrogen and oxygen atoms in total. The maximum absolute atomic E-state index is 13.2. The number of piperidine rings is 1. The minimum absolute atomic E-state index is 0.0737. The van der Waals surface area contributed by atoms with E-state index in [1.54, 1.807) is 0 Å². The fourth-order valence-electron chi connectivity index (χ4n) is 4.58. The van der Waals surface area contributed by atoms with E-state index >= 15 is 0 Å². The molecular formula is C24H29ClN2O2. The van der Waals surface area contributed by atoms with Crippen molar-refractivity contribution in [2.75, 3.05) is 19.6 Å². The number of nitrogens with zero attached hydrogens (tertiary/aromatic N) is 2. The highest BCUT2D eigenvalue weighted by molar-refractivity contribution is 6.30. The van der Waals surface area contributed by atoms with E-state index in [9.17, 15) is 4.79 Å². The molecule has 4 rings (SSSR count). The average Bonchev–Trinajstić information content (AvgIpc) is 3.19. The first-order valence-corrected chi connectivity index (χ1v) is 11.0. The Bertz CT molecular complexity index is 831. The van der Waals surface area contributed by atoms with Gasteiger partial charge in [0.15, 0.2) is 0 Å². The van der Waals surface area contributed by atoms with E-state index in [2.05, 4.69) is 11.8 Å². The molecule has 2 heterocycles. The van der Waals surface area contributed by atoms with Gasteiger partial charge in [0.25, 0.3) is 5.91 Å². The third-order valence-corrected chi connectivity index (χ3v) is 6.50. The zero-order valence-electron chi connectivity index (χ0n) is 17.0. The molecule has 0 N–H and O–H groups in total. The average molecular weight is 413 g/mol. The molecule has 0 bridgehead atoms. The molecule has 154 valence electrons. The van der Waals surface area contributed by atoms with Crippen molar-refractivity contribution in [1.29, 1.82) is 0 Å². The first kappa shape index (κ1) is 20.2. The Labute approximate surface area is 178 Å². The van der Waals surface area contributed by atoms with Crippen LogP contribution in [0.4, 0.5) is 0 Å². The summed E-state index contributed by atoms with van der Waals surface area (Å²) in [6.45, 7) is 5.59. The Morgan fingerprint density at radius 3 is 2.45 bits per heavy atom. The van der Waals surface area contributed by atoms with Crippen LogP contribution in [-0.2, 0) is 6.61 Å². The van der Waals surface area contributed by atoms with E-state index in [1.165, 1.54) is 19.4 Å². The molecule has 2 saturated heterocycles. The number of halogens is 1. The van der Waals surface area contributed by atoms with Crippen molar-refractivity contribution in [1.82, 2.24) is 9.80 Å². The molecule has 2 aliphatic heterocycles. The summed E-state index contributed by atoms with van der Waals surface area (Å²) in [6, 6.07) is 16.4. The molecule has 2 aromatic rings. The summed E-state index contributed by atoms with van der Waals surface area (Å²) in [4.78, 5) is 17.8. The summed E-state index contributed by atoms with van der Waals surface area (Å²) >= 11 is 5.95. The molecule has 29 heavy (non-hydrogen) atoms. The number of rotatable bonds is 5. The quantitative estimate of drug-likeness (QED) is 0.692. The second-order valence-electron chi connectivity index (χ2n) is 8.16. The van der Waals surface area contributed by atoms with E-state index in [-0.39, 0.29) is 5.91 Å². The minimum atomic E-state index is 0.0737. The van der Waals surface area contributed by atoms with Crippen LogP contribution in [0.15, 0.2) is 48.5 Å². The van der Waals surface area contributed by atoms with Gasteiger partial charge in [0.2, 0.25) is 0 Å². The molecule has 1 unspecified atom stereocenters. The highest BCUT2D eigenvalue weighted by atomic mass is 35.5. The lowest BCUT2D eigenvalue weighted by Gasteiger charge is -2.38. The number of hydrogen-bond donors (Lipinski definition) is 0. The standard InChI is InChI=1S/C24H29ClN2O2/c1-18-5-4-14-27(18)21-12-15-26(16-13-21)24(28)22-6-2-3-7-23(22)29-17-19-8-10-20(25)11-9-19/h2-3,6-11,18,21H,4-5,12-17H2,1H3. The van der Waals surface area contributed by atoms with Gasteiger partial charge in [0.05, 0.1) is 5.56 Å². The van der Waals surface area contributed by atoms with Gasteiger partial charge >= 0.3 is 0 Å². The summed E-state index contributed by atoms with van der Waals surface area (Å²) in [6.07, 6.45) is 4.73. The Hall–Kier alpha value is -2.04. The van der Waals surface area contributed by atoms with E-state index in [4.69, 9.17) is 16.3 Å². The van der Waals surface area contributed by atoms with Gasteiger partial charge in [-0.25, -0.2) is 0 Å². The molecule has 0 spiro atoms. The van der Waals surface area contributed by atoms with Crippen LogP contribution in [0.25, 0.3) is 0 Å². The Balaban J connectivity index is 1.38. The number of amides is 1. The molecule has 1 atom stereocenters. The SMILES string of the molecule is CC1CCCN1C1CCN(C(=O)c2ccccc2OCc2ccc(Cl)cc2)CC1. The summed E-state index contributed by atoms with van der Waals surface area (Å²) in [5.41, 5.74) is 1.67. The van der Waals surface area contributed by atoms with E-state index in [0.29, 0.717) is 35.0 Å². The van der Waals surface area contributed by atoms with Gasteiger partial charge in [0.1, 0.15) is 12.4 Å². The van der Waals surface area contributed by atoms with Gasteiger partial charge in [-0.05, 0) is 69.0 Å². The van der Waals surface area contributed by atoms with Crippen molar-refractivity contribution in [2.24, 2.45) is 0 Å². The molecule has 1 amide bonds. The lowest BCUT2D eigenvalue weighted by atomic mass is 10.0. The van der Waals surface area contributed by atoms with Crippen molar-refractivity contribution < 1.29 is 9.53 Å². The van der Waals surface area contributed by atoms with E-state index in [0.717, 1.165) is 31.5 Å². The fourth-order valence-corrected chi connectivity index (χ4v) is 4.71.